The van der Waals surface area contributed by atoms with Crippen LogP contribution in [-0.2, 0) is 20.0 Å². The number of rotatable bonds is 8. The first-order chi connectivity index (χ1) is 13.7. The van der Waals surface area contributed by atoms with Crippen LogP contribution in [0.1, 0.15) is 12.6 Å². The summed E-state index contributed by atoms with van der Waals surface area (Å²) in [6, 6.07) is 14.4. The minimum Gasteiger partial charge on any atom is -0.493 e. The van der Waals surface area contributed by atoms with Crippen molar-refractivity contribution in [3.63, 3.8) is 0 Å². The number of hydrogen-bond acceptors (Lipinski definition) is 7. The standard InChI is InChI=1S/C20H21NO6S2/c1-3-28(22,23)14-13-26-17-9-11-18(12-10-17)29(24,25)27-19-6-4-5-16-8-7-15(2)21-20(16)19/h4-12H,3,13-14H2,1-2H3. The van der Waals surface area contributed by atoms with E-state index in [0.29, 0.717) is 11.3 Å². The summed E-state index contributed by atoms with van der Waals surface area (Å²) >= 11 is 0. The second kappa shape index (κ2) is 8.38. The molecule has 9 heteroatoms. The lowest BCUT2D eigenvalue weighted by Gasteiger charge is -2.10. The molecule has 3 rings (SSSR count). The fourth-order valence-electron chi connectivity index (χ4n) is 2.58. The van der Waals surface area contributed by atoms with Gasteiger partial charge in [-0.25, -0.2) is 13.4 Å². The first kappa shape index (κ1) is 21.1. The van der Waals surface area contributed by atoms with Crippen molar-refractivity contribution in [2.24, 2.45) is 0 Å². The van der Waals surface area contributed by atoms with E-state index in [9.17, 15) is 16.8 Å². The lowest BCUT2D eigenvalue weighted by atomic mass is 10.2. The van der Waals surface area contributed by atoms with Gasteiger partial charge in [-0.1, -0.05) is 25.1 Å². The molecule has 0 saturated carbocycles. The molecule has 3 aromatic rings. The maximum Gasteiger partial charge on any atom is 0.339 e. The third-order valence-corrected chi connectivity index (χ3v) is 7.15. The Kier molecular flexibility index (Phi) is 6.09. The summed E-state index contributed by atoms with van der Waals surface area (Å²) in [6.07, 6.45) is 0. The molecule has 0 atom stereocenters. The van der Waals surface area contributed by atoms with Crippen LogP contribution < -0.4 is 8.92 Å². The molecule has 0 aliphatic carbocycles. The van der Waals surface area contributed by atoms with Crippen LogP contribution in [0.2, 0.25) is 0 Å². The zero-order valence-corrected chi connectivity index (χ0v) is 17.7. The van der Waals surface area contributed by atoms with Crippen molar-refractivity contribution in [1.29, 1.82) is 0 Å². The van der Waals surface area contributed by atoms with Crippen molar-refractivity contribution >= 4 is 30.9 Å². The van der Waals surface area contributed by atoms with Crippen LogP contribution in [0.25, 0.3) is 10.9 Å². The Morgan fingerprint density at radius 3 is 2.34 bits per heavy atom. The highest BCUT2D eigenvalue weighted by Crippen LogP contribution is 2.27. The Hall–Kier alpha value is -2.65. The fraction of sp³-hybridized carbons (Fsp3) is 0.250. The Bertz CT molecular complexity index is 1220. The molecule has 2 aromatic carbocycles. The highest BCUT2D eigenvalue weighted by Gasteiger charge is 2.19. The monoisotopic (exact) mass is 435 g/mol. The maximum absolute atomic E-state index is 12.7. The summed E-state index contributed by atoms with van der Waals surface area (Å²) in [4.78, 5) is 4.32. The van der Waals surface area contributed by atoms with Gasteiger partial charge in [0.05, 0.1) is 5.75 Å². The van der Waals surface area contributed by atoms with Crippen LogP contribution >= 0.6 is 0 Å². The summed E-state index contributed by atoms with van der Waals surface area (Å²) < 4.78 is 59.0. The highest BCUT2D eigenvalue weighted by atomic mass is 32.2. The molecular weight excluding hydrogens is 414 g/mol. The van der Waals surface area contributed by atoms with Crippen LogP contribution in [0.15, 0.2) is 59.5 Å². The molecule has 0 spiro atoms. The first-order valence-electron chi connectivity index (χ1n) is 8.94. The average molecular weight is 436 g/mol. The van der Waals surface area contributed by atoms with Crippen LogP contribution in [0.5, 0.6) is 11.5 Å². The zero-order valence-electron chi connectivity index (χ0n) is 16.0. The van der Waals surface area contributed by atoms with E-state index >= 15 is 0 Å². The number of aryl methyl sites for hydroxylation is 1. The Labute approximate surface area is 170 Å². The Morgan fingerprint density at radius 2 is 1.66 bits per heavy atom. The molecule has 0 radical (unpaired) electrons. The van der Waals surface area contributed by atoms with E-state index in [4.69, 9.17) is 8.92 Å². The second-order valence-electron chi connectivity index (χ2n) is 6.37. The quantitative estimate of drug-likeness (QED) is 0.501. The zero-order chi connectivity index (χ0) is 21.1. The molecular formula is C20H21NO6S2. The number of para-hydroxylation sites is 1. The summed E-state index contributed by atoms with van der Waals surface area (Å²) in [6.45, 7) is 3.39. The molecule has 0 fully saturated rings. The lowest BCUT2D eigenvalue weighted by molar-refractivity contribution is 0.340. The van der Waals surface area contributed by atoms with E-state index in [1.54, 1.807) is 19.1 Å². The predicted octanol–water partition coefficient (Wildman–Crippen LogP) is 3.12. The smallest absolute Gasteiger partial charge is 0.339 e. The largest absolute Gasteiger partial charge is 0.493 e. The first-order valence-corrected chi connectivity index (χ1v) is 12.2. The van der Waals surface area contributed by atoms with E-state index in [2.05, 4.69) is 4.98 Å². The number of ether oxygens (including phenoxy) is 1. The molecule has 0 amide bonds. The second-order valence-corrected chi connectivity index (χ2v) is 10.4. The molecule has 0 N–H and O–H groups in total. The molecule has 0 bridgehead atoms. The van der Waals surface area contributed by atoms with Gasteiger partial charge in [0.2, 0.25) is 0 Å². The van der Waals surface area contributed by atoms with Gasteiger partial charge in [-0.3, -0.25) is 0 Å². The minimum absolute atomic E-state index is 0.000203. The molecule has 1 heterocycles. The third kappa shape index (κ3) is 5.24. The molecule has 0 unspecified atom stereocenters. The van der Waals surface area contributed by atoms with Crippen molar-refractivity contribution in [3.8, 4) is 11.5 Å². The molecule has 1 aromatic heterocycles. The van der Waals surface area contributed by atoms with Gasteiger partial charge < -0.3 is 8.92 Å². The highest BCUT2D eigenvalue weighted by molar-refractivity contribution is 7.91. The number of fused-ring (bicyclic) bond motifs is 1. The van der Waals surface area contributed by atoms with E-state index in [1.165, 1.54) is 24.3 Å². The molecule has 154 valence electrons. The summed E-state index contributed by atoms with van der Waals surface area (Å²) in [5.74, 6) is 0.474. The maximum atomic E-state index is 12.7. The fourth-order valence-corrected chi connectivity index (χ4v) is 4.15. The van der Waals surface area contributed by atoms with Crippen LogP contribution in [0.3, 0.4) is 0 Å². The Balaban J connectivity index is 1.76. The number of benzene rings is 2. The SMILES string of the molecule is CCS(=O)(=O)CCOc1ccc(S(=O)(=O)Oc2cccc3ccc(C)nc23)cc1. The van der Waals surface area contributed by atoms with Crippen LogP contribution in [0.4, 0.5) is 0 Å². The molecule has 0 aliphatic heterocycles. The van der Waals surface area contributed by atoms with Gasteiger partial charge in [0.1, 0.15) is 22.8 Å². The number of hydrogen-bond donors (Lipinski definition) is 0. The van der Waals surface area contributed by atoms with Gasteiger partial charge >= 0.3 is 10.1 Å². The topological polar surface area (TPSA) is 99.6 Å². The van der Waals surface area contributed by atoms with Crippen molar-refractivity contribution in [1.82, 2.24) is 4.98 Å². The molecule has 0 aliphatic rings. The molecule has 29 heavy (non-hydrogen) atoms. The van der Waals surface area contributed by atoms with E-state index in [-0.39, 0.29) is 28.8 Å². The van der Waals surface area contributed by atoms with Gasteiger partial charge in [0, 0.05) is 16.8 Å². The van der Waals surface area contributed by atoms with E-state index < -0.39 is 20.0 Å². The van der Waals surface area contributed by atoms with Gasteiger partial charge in [-0.2, -0.15) is 8.42 Å². The van der Waals surface area contributed by atoms with Crippen molar-refractivity contribution in [2.45, 2.75) is 18.7 Å². The number of aromatic nitrogens is 1. The number of sulfone groups is 1. The molecule has 0 saturated heterocycles. The lowest BCUT2D eigenvalue weighted by Crippen LogP contribution is -2.15. The Morgan fingerprint density at radius 1 is 0.931 bits per heavy atom. The van der Waals surface area contributed by atoms with E-state index in [1.807, 2.05) is 25.1 Å². The van der Waals surface area contributed by atoms with Gasteiger partial charge in [0.15, 0.2) is 15.6 Å². The van der Waals surface area contributed by atoms with Crippen molar-refractivity contribution in [2.75, 3.05) is 18.1 Å². The number of nitrogens with zero attached hydrogens (tertiary/aromatic N) is 1. The van der Waals surface area contributed by atoms with Gasteiger partial charge in [0.25, 0.3) is 0 Å². The normalized spacial score (nSPS) is 12.1. The van der Waals surface area contributed by atoms with Crippen molar-refractivity contribution < 1.29 is 25.8 Å². The average Bonchev–Trinajstić information content (AvgIpc) is 2.68. The van der Waals surface area contributed by atoms with Crippen molar-refractivity contribution in [3.05, 3.63) is 60.3 Å². The molecule has 7 nitrogen and oxygen atoms in total. The van der Waals surface area contributed by atoms with Gasteiger partial charge in [-0.15, -0.1) is 0 Å². The van der Waals surface area contributed by atoms with E-state index in [0.717, 1.165) is 11.1 Å². The minimum atomic E-state index is -4.07. The van der Waals surface area contributed by atoms with Gasteiger partial charge in [-0.05, 0) is 43.3 Å². The van der Waals surface area contributed by atoms with Crippen LogP contribution in [-0.4, -0.2) is 39.9 Å². The summed E-state index contributed by atoms with van der Waals surface area (Å²) in [5, 5.41) is 0.772. The summed E-state index contributed by atoms with van der Waals surface area (Å²) in [7, 11) is -7.20. The number of pyridine rings is 1. The van der Waals surface area contributed by atoms with Crippen LogP contribution in [0, 0.1) is 6.92 Å². The third-order valence-electron chi connectivity index (χ3n) is 4.24. The predicted molar refractivity (Wildman–Crippen MR) is 111 cm³/mol. The summed E-state index contributed by atoms with van der Waals surface area (Å²) in [5.41, 5.74) is 1.21.